The molecule has 0 saturated heterocycles. The number of Topliss-reactive ketones (excluding diaryl/α,β-unsaturated/α-hetero) is 1. The van der Waals surface area contributed by atoms with Crippen LogP contribution in [0, 0.1) is 5.92 Å². The lowest BCUT2D eigenvalue weighted by molar-refractivity contribution is 0.0925. The summed E-state index contributed by atoms with van der Waals surface area (Å²) in [6, 6.07) is 5.95. The molecule has 1 heterocycles. The summed E-state index contributed by atoms with van der Waals surface area (Å²) in [4.78, 5) is 15.4. The van der Waals surface area contributed by atoms with Gasteiger partial charge in [-0.15, -0.1) is 0 Å². The monoisotopic (exact) mass is 293 g/mol. The zero-order valence-electron chi connectivity index (χ0n) is 10.1. The number of hydrogen-bond donors (Lipinski definition) is 1. The van der Waals surface area contributed by atoms with Crippen molar-refractivity contribution < 1.29 is 4.79 Å². The van der Waals surface area contributed by atoms with Gasteiger partial charge in [0.1, 0.15) is 0 Å². The molecule has 0 spiro atoms. The Morgan fingerprint density at radius 3 is 2.94 bits per heavy atom. The molecule has 0 amide bonds. The van der Waals surface area contributed by atoms with Crippen LogP contribution in [0.5, 0.6) is 0 Å². The molecule has 0 bridgehead atoms. The Bertz CT molecular complexity index is 544. The standard InChI is InChI=1S/C14H16BrNO/c1-3-4-9(2)14(17)12-8-16-13-7-10(15)5-6-11(12)13/h5-9,16H,3-4H2,1-2H3. The summed E-state index contributed by atoms with van der Waals surface area (Å²) in [6.07, 6.45) is 3.81. The first-order chi connectivity index (χ1) is 8.13. The van der Waals surface area contributed by atoms with Gasteiger partial charge in [-0.25, -0.2) is 0 Å². The minimum atomic E-state index is 0.0997. The van der Waals surface area contributed by atoms with Gasteiger partial charge in [0.2, 0.25) is 0 Å². The third kappa shape index (κ3) is 2.44. The molecular formula is C14H16BrNO. The molecule has 17 heavy (non-hydrogen) atoms. The number of rotatable bonds is 4. The average molecular weight is 294 g/mol. The van der Waals surface area contributed by atoms with E-state index in [1.165, 1.54) is 0 Å². The highest BCUT2D eigenvalue weighted by Gasteiger charge is 2.17. The van der Waals surface area contributed by atoms with Crippen molar-refractivity contribution in [1.29, 1.82) is 0 Å². The van der Waals surface area contributed by atoms with E-state index in [-0.39, 0.29) is 11.7 Å². The van der Waals surface area contributed by atoms with Crippen molar-refractivity contribution in [3.63, 3.8) is 0 Å². The van der Waals surface area contributed by atoms with Crippen molar-refractivity contribution in [1.82, 2.24) is 4.98 Å². The first-order valence-corrected chi connectivity index (χ1v) is 6.73. The Morgan fingerprint density at radius 2 is 2.24 bits per heavy atom. The van der Waals surface area contributed by atoms with E-state index < -0.39 is 0 Å². The summed E-state index contributed by atoms with van der Waals surface area (Å²) in [5.74, 6) is 0.336. The number of H-pyrrole nitrogens is 1. The maximum absolute atomic E-state index is 12.3. The second-order valence-corrected chi connectivity index (χ2v) is 5.36. The van der Waals surface area contributed by atoms with Crippen molar-refractivity contribution in [2.45, 2.75) is 26.7 Å². The van der Waals surface area contributed by atoms with Gasteiger partial charge in [0.05, 0.1) is 0 Å². The average Bonchev–Trinajstić information content (AvgIpc) is 2.71. The van der Waals surface area contributed by atoms with Crippen LogP contribution in [0.1, 0.15) is 37.0 Å². The second-order valence-electron chi connectivity index (χ2n) is 4.45. The molecule has 90 valence electrons. The lowest BCUT2D eigenvalue weighted by Crippen LogP contribution is -2.10. The highest BCUT2D eigenvalue weighted by Crippen LogP contribution is 2.25. The van der Waals surface area contributed by atoms with Gasteiger partial charge < -0.3 is 4.98 Å². The molecule has 0 aliphatic carbocycles. The minimum absolute atomic E-state index is 0.0997. The van der Waals surface area contributed by atoms with Crippen molar-refractivity contribution >= 4 is 32.6 Å². The van der Waals surface area contributed by atoms with Gasteiger partial charge in [-0.2, -0.15) is 0 Å². The van der Waals surface area contributed by atoms with E-state index in [1.54, 1.807) is 0 Å². The predicted molar refractivity (Wildman–Crippen MR) is 74.4 cm³/mol. The van der Waals surface area contributed by atoms with Crippen molar-refractivity contribution in [2.75, 3.05) is 0 Å². The highest BCUT2D eigenvalue weighted by atomic mass is 79.9. The lowest BCUT2D eigenvalue weighted by atomic mass is 9.95. The SMILES string of the molecule is CCCC(C)C(=O)c1c[nH]c2cc(Br)ccc12. The van der Waals surface area contributed by atoms with E-state index in [9.17, 15) is 4.79 Å². The van der Waals surface area contributed by atoms with Crippen LogP contribution < -0.4 is 0 Å². The molecule has 1 aromatic heterocycles. The number of ketones is 1. The summed E-state index contributed by atoms with van der Waals surface area (Å²) in [5, 5.41) is 1.01. The summed E-state index contributed by atoms with van der Waals surface area (Å²) in [7, 11) is 0. The summed E-state index contributed by atoms with van der Waals surface area (Å²) >= 11 is 3.43. The molecule has 2 nitrogen and oxygen atoms in total. The molecule has 0 saturated carbocycles. The van der Waals surface area contributed by atoms with Gasteiger partial charge in [-0.3, -0.25) is 4.79 Å². The third-order valence-corrected chi connectivity index (χ3v) is 3.57. The van der Waals surface area contributed by atoms with E-state index >= 15 is 0 Å². The van der Waals surface area contributed by atoms with Crippen LogP contribution in [0.15, 0.2) is 28.9 Å². The first-order valence-electron chi connectivity index (χ1n) is 5.94. The van der Waals surface area contributed by atoms with Crippen LogP contribution in [-0.4, -0.2) is 10.8 Å². The molecule has 0 radical (unpaired) electrons. The topological polar surface area (TPSA) is 32.9 Å². The van der Waals surface area contributed by atoms with Crippen molar-refractivity contribution in [3.05, 3.63) is 34.4 Å². The zero-order chi connectivity index (χ0) is 12.4. The van der Waals surface area contributed by atoms with Gasteiger partial charge in [0, 0.05) is 33.1 Å². The number of benzene rings is 1. The second kappa shape index (κ2) is 5.05. The van der Waals surface area contributed by atoms with Crippen LogP contribution in [0.25, 0.3) is 10.9 Å². The number of fused-ring (bicyclic) bond motifs is 1. The molecule has 0 aliphatic rings. The Hall–Kier alpha value is -1.09. The molecule has 2 aromatic rings. The Morgan fingerprint density at radius 1 is 1.47 bits per heavy atom. The van der Waals surface area contributed by atoms with E-state index in [1.807, 2.05) is 31.3 Å². The fourth-order valence-electron chi connectivity index (χ4n) is 2.13. The molecule has 0 fully saturated rings. The highest BCUT2D eigenvalue weighted by molar-refractivity contribution is 9.10. The smallest absolute Gasteiger partial charge is 0.167 e. The maximum atomic E-state index is 12.3. The molecule has 2 rings (SSSR count). The van der Waals surface area contributed by atoms with Gasteiger partial charge in [0.15, 0.2) is 5.78 Å². The number of nitrogens with one attached hydrogen (secondary N) is 1. The van der Waals surface area contributed by atoms with Crippen LogP contribution in [0.4, 0.5) is 0 Å². The van der Waals surface area contributed by atoms with Crippen molar-refractivity contribution in [3.8, 4) is 0 Å². The Labute approximate surface area is 110 Å². The minimum Gasteiger partial charge on any atom is -0.360 e. The van der Waals surface area contributed by atoms with E-state index in [0.29, 0.717) is 0 Å². The quantitative estimate of drug-likeness (QED) is 0.824. The largest absolute Gasteiger partial charge is 0.360 e. The van der Waals surface area contributed by atoms with Crippen LogP contribution in [0.3, 0.4) is 0 Å². The van der Waals surface area contributed by atoms with Gasteiger partial charge in [-0.05, 0) is 18.6 Å². The molecular weight excluding hydrogens is 278 g/mol. The molecule has 3 heteroatoms. The number of aromatic nitrogens is 1. The molecule has 1 N–H and O–H groups in total. The van der Waals surface area contributed by atoms with E-state index in [2.05, 4.69) is 27.8 Å². The number of halogens is 1. The number of carbonyl (C=O) groups excluding carboxylic acids is 1. The Kier molecular flexibility index (Phi) is 3.67. The number of carbonyl (C=O) groups is 1. The predicted octanol–water partition coefficient (Wildman–Crippen LogP) is 4.55. The van der Waals surface area contributed by atoms with Gasteiger partial charge in [0.25, 0.3) is 0 Å². The van der Waals surface area contributed by atoms with E-state index in [4.69, 9.17) is 0 Å². The van der Waals surface area contributed by atoms with Gasteiger partial charge in [-0.1, -0.05) is 42.3 Å². The molecule has 1 unspecified atom stereocenters. The third-order valence-electron chi connectivity index (χ3n) is 3.08. The maximum Gasteiger partial charge on any atom is 0.167 e. The zero-order valence-corrected chi connectivity index (χ0v) is 11.7. The fraction of sp³-hybridized carbons (Fsp3) is 0.357. The summed E-state index contributed by atoms with van der Waals surface area (Å²) in [5.41, 5.74) is 1.82. The van der Waals surface area contributed by atoms with Crippen LogP contribution in [0.2, 0.25) is 0 Å². The first kappa shape index (κ1) is 12.4. The molecule has 0 aliphatic heterocycles. The Balaban J connectivity index is 2.39. The number of aromatic amines is 1. The van der Waals surface area contributed by atoms with Crippen LogP contribution in [-0.2, 0) is 0 Å². The molecule has 1 aromatic carbocycles. The summed E-state index contributed by atoms with van der Waals surface area (Å²) < 4.78 is 1.02. The molecule has 1 atom stereocenters. The number of hydrogen-bond acceptors (Lipinski definition) is 1. The van der Waals surface area contributed by atoms with E-state index in [0.717, 1.165) is 33.8 Å². The lowest BCUT2D eigenvalue weighted by Gasteiger charge is -2.07. The van der Waals surface area contributed by atoms with Crippen molar-refractivity contribution in [2.24, 2.45) is 5.92 Å². The van der Waals surface area contributed by atoms with Crippen LogP contribution >= 0.6 is 15.9 Å². The normalized spacial score (nSPS) is 12.9. The fourth-order valence-corrected chi connectivity index (χ4v) is 2.49. The van der Waals surface area contributed by atoms with Gasteiger partial charge >= 0.3 is 0 Å². The summed E-state index contributed by atoms with van der Waals surface area (Å²) in [6.45, 7) is 4.11.